The molecule has 0 bridgehead atoms. The molecular weight excluding hydrogens is 413 g/mol. The van der Waals surface area contributed by atoms with Crippen molar-refractivity contribution in [3.8, 4) is 0 Å². The number of nitrogens with two attached hydrogens (primary N) is 1. The zero-order valence-electron chi connectivity index (χ0n) is 19.1. The first-order valence-corrected chi connectivity index (χ1v) is 10.1. The molecule has 0 spiro atoms. The van der Waals surface area contributed by atoms with Gasteiger partial charge in [-0.3, -0.25) is 19.6 Å². The first-order valence-electron chi connectivity index (χ1n) is 10.1. The molecule has 0 amide bonds. The minimum absolute atomic E-state index is 0.0216. The van der Waals surface area contributed by atoms with E-state index in [4.69, 9.17) is 5.73 Å². The fourth-order valence-electron chi connectivity index (χ4n) is 2.59. The number of halogens is 1. The number of aromatic amines is 1. The van der Waals surface area contributed by atoms with E-state index in [2.05, 4.69) is 31.8 Å². The Morgan fingerprint density at radius 1 is 1.44 bits per heavy atom. The Hall–Kier alpha value is -3.82. The maximum Gasteiger partial charge on any atom is 0.277 e. The molecule has 32 heavy (non-hydrogen) atoms. The lowest BCUT2D eigenvalue weighted by Gasteiger charge is -2.07. The summed E-state index contributed by atoms with van der Waals surface area (Å²) in [6, 6.07) is 0. The van der Waals surface area contributed by atoms with Crippen LogP contribution in [-0.4, -0.2) is 42.9 Å². The molecule has 0 unspecified atom stereocenters. The second kappa shape index (κ2) is 12.8. The van der Waals surface area contributed by atoms with E-state index in [9.17, 15) is 14.4 Å². The van der Waals surface area contributed by atoms with Crippen molar-refractivity contribution in [1.29, 1.82) is 0 Å². The average molecular weight is 444 g/mol. The van der Waals surface area contributed by atoms with Gasteiger partial charge in [-0.2, -0.15) is 0 Å². The first-order chi connectivity index (χ1) is 15.4. The Kier molecular flexibility index (Phi) is 10.5. The Morgan fingerprint density at radius 2 is 2.12 bits per heavy atom. The van der Waals surface area contributed by atoms with Gasteiger partial charge < -0.3 is 10.9 Å². The van der Waals surface area contributed by atoms with Crippen molar-refractivity contribution in [1.82, 2.24) is 19.7 Å². The SMILES string of the molecule is C=C/C=C(CN=C(/C=C(\N)c1ncc2c(=O)n(C)[nH]c2n1)/C(CC)=N/O)\C(F)=C/C.CC. The molecule has 2 heterocycles. The molecule has 0 aromatic carbocycles. The molecule has 0 radical (unpaired) electrons. The Bertz CT molecular complexity index is 1150. The van der Waals surface area contributed by atoms with Crippen molar-refractivity contribution in [2.45, 2.75) is 34.1 Å². The quantitative estimate of drug-likeness (QED) is 0.248. The summed E-state index contributed by atoms with van der Waals surface area (Å²) in [5, 5.41) is 15.7. The van der Waals surface area contributed by atoms with Crippen LogP contribution in [-0.2, 0) is 7.05 Å². The first kappa shape index (κ1) is 26.2. The predicted octanol–water partition coefficient (Wildman–Crippen LogP) is 3.65. The van der Waals surface area contributed by atoms with E-state index >= 15 is 0 Å². The molecule has 0 fully saturated rings. The maximum atomic E-state index is 14.0. The zero-order valence-corrected chi connectivity index (χ0v) is 19.1. The number of hydrogen-bond donors (Lipinski definition) is 3. The normalized spacial score (nSPS) is 13.8. The number of aryl methyl sites for hydroxylation is 1. The molecular formula is C22H30FN7O2. The van der Waals surface area contributed by atoms with Crippen LogP contribution in [0.5, 0.6) is 0 Å². The molecule has 9 nitrogen and oxygen atoms in total. The summed E-state index contributed by atoms with van der Waals surface area (Å²) >= 11 is 0. The molecule has 0 aliphatic rings. The van der Waals surface area contributed by atoms with Gasteiger partial charge in [0.2, 0.25) is 0 Å². The van der Waals surface area contributed by atoms with Gasteiger partial charge in [-0.05, 0) is 19.4 Å². The van der Waals surface area contributed by atoms with Gasteiger partial charge in [0.05, 0.1) is 18.0 Å². The van der Waals surface area contributed by atoms with E-state index in [1.807, 2.05) is 13.8 Å². The monoisotopic (exact) mass is 443 g/mol. The third kappa shape index (κ3) is 6.34. The molecule has 2 aromatic heterocycles. The number of H-pyrrole nitrogens is 1. The number of rotatable bonds is 8. The van der Waals surface area contributed by atoms with Gasteiger partial charge >= 0.3 is 0 Å². The standard InChI is InChI=1S/C20H24FN7O2.C2H6/c1-5-8-12(14(21)6-2)10-23-17(16(7-3)27-30)9-15(22)19-24-11-13-18(25-19)26-28(4)20(13)29;1-2/h5-6,8-9,11,30H,1,7,10,22H2,2-4H3,(H,24,25,26);1-2H3/b12-8-,14-6+,15-9-,23-17?,27-16+;. The van der Waals surface area contributed by atoms with Crippen LogP contribution < -0.4 is 11.3 Å². The number of hydrogen-bond acceptors (Lipinski definition) is 7. The van der Waals surface area contributed by atoms with Gasteiger partial charge in [0.15, 0.2) is 11.5 Å². The van der Waals surface area contributed by atoms with Crippen LogP contribution in [0.2, 0.25) is 0 Å². The van der Waals surface area contributed by atoms with Gasteiger partial charge in [0.25, 0.3) is 5.56 Å². The third-order valence-corrected chi connectivity index (χ3v) is 4.20. The van der Waals surface area contributed by atoms with Crippen molar-refractivity contribution in [2.75, 3.05) is 6.54 Å². The van der Waals surface area contributed by atoms with Crippen LogP contribution >= 0.6 is 0 Å². The highest BCUT2D eigenvalue weighted by Crippen LogP contribution is 2.13. The van der Waals surface area contributed by atoms with Gasteiger partial charge in [0, 0.05) is 18.8 Å². The van der Waals surface area contributed by atoms with E-state index in [1.54, 1.807) is 20.9 Å². The van der Waals surface area contributed by atoms with E-state index in [-0.39, 0.29) is 35.0 Å². The van der Waals surface area contributed by atoms with Crippen molar-refractivity contribution in [3.63, 3.8) is 0 Å². The van der Waals surface area contributed by atoms with E-state index in [0.29, 0.717) is 23.0 Å². The average Bonchev–Trinajstić information content (AvgIpc) is 3.10. The summed E-state index contributed by atoms with van der Waals surface area (Å²) < 4.78 is 15.3. The summed E-state index contributed by atoms with van der Waals surface area (Å²) in [5.41, 5.74) is 7.16. The lowest BCUT2D eigenvalue weighted by Crippen LogP contribution is -2.15. The summed E-state index contributed by atoms with van der Waals surface area (Å²) in [7, 11) is 1.57. The second-order valence-electron chi connectivity index (χ2n) is 6.20. The summed E-state index contributed by atoms with van der Waals surface area (Å²) in [6.45, 7) is 10.9. The highest BCUT2D eigenvalue weighted by molar-refractivity contribution is 6.47. The second-order valence-corrected chi connectivity index (χ2v) is 6.20. The minimum atomic E-state index is -0.434. The van der Waals surface area contributed by atoms with Crippen LogP contribution in [0.25, 0.3) is 16.7 Å². The number of nitrogens with zero attached hydrogens (tertiary/aromatic N) is 5. The Morgan fingerprint density at radius 3 is 2.69 bits per heavy atom. The summed E-state index contributed by atoms with van der Waals surface area (Å²) in [4.78, 5) is 24.7. The molecule has 0 saturated heterocycles. The predicted molar refractivity (Wildman–Crippen MR) is 128 cm³/mol. The third-order valence-electron chi connectivity index (χ3n) is 4.20. The molecule has 2 aromatic rings. The van der Waals surface area contributed by atoms with Crippen molar-refractivity contribution in [3.05, 3.63) is 64.7 Å². The molecule has 0 atom stereocenters. The maximum absolute atomic E-state index is 14.0. The van der Waals surface area contributed by atoms with Crippen LogP contribution in [0, 0.1) is 0 Å². The largest absolute Gasteiger partial charge is 0.411 e. The highest BCUT2D eigenvalue weighted by Gasteiger charge is 2.12. The van der Waals surface area contributed by atoms with Crippen LogP contribution in [0.4, 0.5) is 4.39 Å². The zero-order chi connectivity index (χ0) is 24.3. The molecule has 0 aliphatic heterocycles. The van der Waals surface area contributed by atoms with E-state index in [0.717, 1.165) is 0 Å². The number of aromatic nitrogens is 4. The molecule has 2 rings (SSSR count). The van der Waals surface area contributed by atoms with E-state index in [1.165, 1.54) is 35.2 Å². The van der Waals surface area contributed by atoms with Gasteiger partial charge in [-0.25, -0.2) is 14.4 Å². The molecule has 172 valence electrons. The molecule has 10 heteroatoms. The number of nitrogens with one attached hydrogen (secondary N) is 1. The topological polar surface area (TPSA) is 135 Å². The van der Waals surface area contributed by atoms with Crippen LogP contribution in [0.15, 0.2) is 63.4 Å². The molecule has 4 N–H and O–H groups in total. The van der Waals surface area contributed by atoms with Crippen molar-refractivity contribution in [2.24, 2.45) is 22.9 Å². The molecule has 0 saturated carbocycles. The lowest BCUT2D eigenvalue weighted by molar-refractivity contribution is 0.319. The molecule has 0 aliphatic carbocycles. The smallest absolute Gasteiger partial charge is 0.277 e. The Labute approximate surface area is 186 Å². The highest BCUT2D eigenvalue weighted by atomic mass is 19.1. The van der Waals surface area contributed by atoms with Crippen molar-refractivity contribution >= 4 is 28.2 Å². The number of oxime groups is 1. The lowest BCUT2D eigenvalue weighted by atomic mass is 10.1. The van der Waals surface area contributed by atoms with Crippen LogP contribution in [0.1, 0.15) is 39.9 Å². The number of fused-ring (bicyclic) bond motifs is 1. The van der Waals surface area contributed by atoms with Gasteiger partial charge in [0.1, 0.15) is 16.9 Å². The summed E-state index contributed by atoms with van der Waals surface area (Å²) in [6.07, 6.45) is 7.47. The summed E-state index contributed by atoms with van der Waals surface area (Å²) in [5.74, 6) is -0.275. The van der Waals surface area contributed by atoms with Gasteiger partial charge in [-0.15, -0.1) is 0 Å². The fraction of sp³-hybridized carbons (Fsp3) is 0.318. The number of aliphatic imine (C=N–C) groups is 1. The van der Waals surface area contributed by atoms with Crippen LogP contribution in [0.3, 0.4) is 0 Å². The fourth-order valence-corrected chi connectivity index (χ4v) is 2.59. The minimum Gasteiger partial charge on any atom is -0.411 e. The Balaban J connectivity index is 0.00000249. The number of allylic oxidation sites excluding steroid dienone is 4. The van der Waals surface area contributed by atoms with Crippen molar-refractivity contribution < 1.29 is 9.60 Å². The van der Waals surface area contributed by atoms with E-state index < -0.39 is 5.83 Å². The van der Waals surface area contributed by atoms with Gasteiger partial charge in [-0.1, -0.05) is 50.7 Å².